The standard InChI is InChI=1S/C20H13BrN4O5/c21-16-5-1-3-13(9-16)20(27)30-18-7-6-17(25(28)29)10-15(18)12-23-24-19(26)14-4-2-8-22-11-14/h1-12H,(H,24,26). The molecule has 0 unspecified atom stereocenters. The summed E-state index contributed by atoms with van der Waals surface area (Å²) in [5, 5.41) is 14.9. The molecule has 1 N–H and O–H groups in total. The maximum absolute atomic E-state index is 12.4. The number of nitro benzene ring substituents is 1. The molecule has 1 heterocycles. The summed E-state index contributed by atoms with van der Waals surface area (Å²) in [6.45, 7) is 0. The molecule has 0 aliphatic carbocycles. The van der Waals surface area contributed by atoms with Crippen LogP contribution in [0.4, 0.5) is 5.69 Å². The largest absolute Gasteiger partial charge is 0.422 e. The van der Waals surface area contributed by atoms with Crippen molar-refractivity contribution in [2.45, 2.75) is 0 Å². The number of rotatable bonds is 6. The van der Waals surface area contributed by atoms with Gasteiger partial charge >= 0.3 is 5.97 Å². The lowest BCUT2D eigenvalue weighted by Crippen LogP contribution is -2.17. The summed E-state index contributed by atoms with van der Waals surface area (Å²) in [6.07, 6.45) is 4.04. The number of non-ortho nitro benzene ring substituents is 1. The van der Waals surface area contributed by atoms with E-state index < -0.39 is 16.8 Å². The van der Waals surface area contributed by atoms with Crippen molar-refractivity contribution in [3.05, 3.63) is 98.3 Å². The fraction of sp³-hybridized carbons (Fsp3) is 0. The van der Waals surface area contributed by atoms with Gasteiger partial charge < -0.3 is 4.74 Å². The number of aromatic nitrogens is 1. The van der Waals surface area contributed by atoms with Crippen LogP contribution in [0, 0.1) is 10.1 Å². The summed E-state index contributed by atoms with van der Waals surface area (Å²) in [6, 6.07) is 13.4. The first kappa shape index (κ1) is 20.8. The SMILES string of the molecule is O=C(NN=Cc1cc([N+](=O)[O-])ccc1OC(=O)c1cccc(Br)c1)c1cccnc1. The number of ether oxygens (including phenoxy) is 1. The van der Waals surface area contributed by atoms with E-state index in [0.29, 0.717) is 4.47 Å². The van der Waals surface area contributed by atoms with E-state index in [9.17, 15) is 19.7 Å². The maximum atomic E-state index is 12.4. The molecule has 30 heavy (non-hydrogen) atoms. The van der Waals surface area contributed by atoms with Crippen molar-refractivity contribution in [3.63, 3.8) is 0 Å². The highest BCUT2D eigenvalue weighted by atomic mass is 79.9. The predicted octanol–water partition coefficient (Wildman–Crippen LogP) is 3.74. The Bertz CT molecular complexity index is 1140. The minimum Gasteiger partial charge on any atom is -0.422 e. The number of halogens is 1. The van der Waals surface area contributed by atoms with Gasteiger partial charge in [-0.25, -0.2) is 10.2 Å². The number of carbonyl (C=O) groups is 2. The van der Waals surface area contributed by atoms with Crippen molar-refractivity contribution >= 4 is 39.7 Å². The van der Waals surface area contributed by atoms with Gasteiger partial charge in [-0.2, -0.15) is 5.10 Å². The van der Waals surface area contributed by atoms with Gasteiger partial charge in [0, 0.05) is 34.6 Å². The third-order valence-electron chi connectivity index (χ3n) is 3.76. The molecule has 1 amide bonds. The van der Waals surface area contributed by atoms with E-state index in [2.05, 4.69) is 31.4 Å². The highest BCUT2D eigenvalue weighted by molar-refractivity contribution is 9.10. The number of pyridine rings is 1. The number of nitro groups is 1. The lowest BCUT2D eigenvalue weighted by atomic mass is 10.2. The van der Waals surface area contributed by atoms with Crippen LogP contribution in [0.5, 0.6) is 5.75 Å². The number of carbonyl (C=O) groups excluding carboxylic acids is 2. The molecule has 0 saturated carbocycles. The van der Waals surface area contributed by atoms with Crippen LogP contribution in [0.3, 0.4) is 0 Å². The molecule has 3 aromatic rings. The van der Waals surface area contributed by atoms with Gasteiger partial charge in [0.05, 0.1) is 22.3 Å². The number of hydrazone groups is 1. The lowest BCUT2D eigenvalue weighted by Gasteiger charge is -2.08. The number of nitrogens with one attached hydrogen (secondary N) is 1. The molecule has 0 fully saturated rings. The highest BCUT2D eigenvalue weighted by Gasteiger charge is 2.15. The number of amides is 1. The van der Waals surface area contributed by atoms with Crippen LogP contribution in [0.25, 0.3) is 0 Å². The Morgan fingerprint density at radius 3 is 2.63 bits per heavy atom. The summed E-state index contributed by atoms with van der Waals surface area (Å²) in [5.41, 5.74) is 2.78. The van der Waals surface area contributed by atoms with Crippen LogP contribution < -0.4 is 10.2 Å². The molecule has 9 nitrogen and oxygen atoms in total. The molecule has 0 aliphatic heterocycles. The molecule has 1 aromatic heterocycles. The molecule has 0 radical (unpaired) electrons. The van der Waals surface area contributed by atoms with Crippen molar-refractivity contribution in [2.24, 2.45) is 5.10 Å². The van der Waals surface area contributed by atoms with Crippen molar-refractivity contribution < 1.29 is 19.2 Å². The van der Waals surface area contributed by atoms with E-state index in [0.717, 1.165) is 6.21 Å². The summed E-state index contributed by atoms with van der Waals surface area (Å²) in [4.78, 5) is 38.8. The summed E-state index contributed by atoms with van der Waals surface area (Å²) < 4.78 is 6.06. The lowest BCUT2D eigenvalue weighted by molar-refractivity contribution is -0.384. The number of nitrogens with zero attached hydrogens (tertiary/aromatic N) is 3. The maximum Gasteiger partial charge on any atom is 0.343 e. The first-order chi connectivity index (χ1) is 14.4. The third kappa shape index (κ3) is 5.32. The molecule has 2 aromatic carbocycles. The monoisotopic (exact) mass is 468 g/mol. The Hall–Kier alpha value is -3.92. The first-order valence-corrected chi connectivity index (χ1v) is 9.23. The fourth-order valence-corrected chi connectivity index (χ4v) is 2.74. The zero-order valence-corrected chi connectivity index (χ0v) is 16.8. The Morgan fingerprint density at radius 1 is 1.13 bits per heavy atom. The zero-order valence-electron chi connectivity index (χ0n) is 15.2. The quantitative estimate of drug-likeness (QED) is 0.193. The van der Waals surface area contributed by atoms with Gasteiger partial charge in [-0.1, -0.05) is 22.0 Å². The van der Waals surface area contributed by atoms with Crippen LogP contribution in [-0.2, 0) is 0 Å². The van der Waals surface area contributed by atoms with Crippen LogP contribution in [0.2, 0.25) is 0 Å². The number of hydrogen-bond donors (Lipinski definition) is 1. The van der Waals surface area contributed by atoms with E-state index >= 15 is 0 Å². The number of benzene rings is 2. The van der Waals surface area contributed by atoms with Crippen LogP contribution >= 0.6 is 15.9 Å². The van der Waals surface area contributed by atoms with E-state index in [1.54, 1.807) is 36.4 Å². The molecule has 0 saturated heterocycles. The van der Waals surface area contributed by atoms with Gasteiger partial charge in [-0.15, -0.1) is 0 Å². The van der Waals surface area contributed by atoms with Gasteiger partial charge in [0.25, 0.3) is 11.6 Å². The molecule has 0 atom stereocenters. The fourth-order valence-electron chi connectivity index (χ4n) is 2.34. The van der Waals surface area contributed by atoms with E-state index in [1.165, 1.54) is 30.6 Å². The summed E-state index contributed by atoms with van der Waals surface area (Å²) >= 11 is 3.27. The van der Waals surface area contributed by atoms with Crippen molar-refractivity contribution in [3.8, 4) is 5.75 Å². The molecule has 3 rings (SSSR count). The van der Waals surface area contributed by atoms with Gasteiger partial charge in [-0.3, -0.25) is 19.9 Å². The summed E-state index contributed by atoms with van der Waals surface area (Å²) in [7, 11) is 0. The Kier molecular flexibility index (Phi) is 6.60. The molecule has 0 spiro atoms. The van der Waals surface area contributed by atoms with E-state index in [1.807, 2.05) is 0 Å². The molecule has 0 aliphatic rings. The van der Waals surface area contributed by atoms with Gasteiger partial charge in [0.1, 0.15) is 5.75 Å². The molecule has 150 valence electrons. The molecule has 10 heteroatoms. The van der Waals surface area contributed by atoms with E-state index in [-0.39, 0.29) is 28.1 Å². The average Bonchev–Trinajstić information content (AvgIpc) is 2.75. The average molecular weight is 469 g/mol. The van der Waals surface area contributed by atoms with Gasteiger partial charge in [-0.05, 0) is 36.4 Å². The minimum absolute atomic E-state index is 0.0463. The Balaban J connectivity index is 1.82. The van der Waals surface area contributed by atoms with Crippen molar-refractivity contribution in [1.29, 1.82) is 0 Å². The number of hydrogen-bond acceptors (Lipinski definition) is 7. The van der Waals surface area contributed by atoms with Gasteiger partial charge in [0.15, 0.2) is 0 Å². The van der Waals surface area contributed by atoms with Crippen LogP contribution in [0.15, 0.2) is 76.6 Å². The molecule has 0 bridgehead atoms. The van der Waals surface area contributed by atoms with Crippen LogP contribution in [0.1, 0.15) is 26.3 Å². The first-order valence-electron chi connectivity index (χ1n) is 8.43. The highest BCUT2D eigenvalue weighted by Crippen LogP contribution is 2.24. The van der Waals surface area contributed by atoms with Gasteiger partial charge in [0.2, 0.25) is 0 Å². The predicted molar refractivity (Wildman–Crippen MR) is 111 cm³/mol. The second-order valence-electron chi connectivity index (χ2n) is 5.82. The minimum atomic E-state index is -0.654. The van der Waals surface area contributed by atoms with E-state index in [4.69, 9.17) is 4.74 Å². The van der Waals surface area contributed by atoms with Crippen LogP contribution in [-0.4, -0.2) is 28.0 Å². The normalized spacial score (nSPS) is 10.6. The second kappa shape index (κ2) is 9.52. The summed E-state index contributed by atoms with van der Waals surface area (Å²) in [5.74, 6) is -1.12. The molecular formula is C20H13BrN4O5. The second-order valence-corrected chi connectivity index (χ2v) is 6.74. The van der Waals surface area contributed by atoms with Crippen molar-refractivity contribution in [2.75, 3.05) is 0 Å². The van der Waals surface area contributed by atoms with Crippen molar-refractivity contribution in [1.82, 2.24) is 10.4 Å². The third-order valence-corrected chi connectivity index (χ3v) is 4.25. The Labute approximate surface area is 178 Å². The Morgan fingerprint density at radius 2 is 1.93 bits per heavy atom. The smallest absolute Gasteiger partial charge is 0.343 e. The zero-order chi connectivity index (χ0) is 21.5. The molecular weight excluding hydrogens is 456 g/mol. The topological polar surface area (TPSA) is 124 Å². The number of esters is 1.